The van der Waals surface area contributed by atoms with E-state index in [0.29, 0.717) is 11.5 Å². The van der Waals surface area contributed by atoms with Crippen LogP contribution in [0.3, 0.4) is 0 Å². The second-order valence-electron chi connectivity index (χ2n) is 9.67. The molecule has 4 N–H and O–H groups in total. The molecule has 1 saturated carbocycles. The smallest absolute Gasteiger partial charge is 0.152 e. The summed E-state index contributed by atoms with van der Waals surface area (Å²) in [6.45, 7) is 14.3. The average molecular weight is 480 g/mol. The van der Waals surface area contributed by atoms with Gasteiger partial charge < -0.3 is 21.0 Å². The molecule has 192 valence electrons. The molecular formula is C30H45N3O2. The Hall–Kier alpha value is -2.66. The number of hydrogen-bond acceptors (Lipinski definition) is 4. The van der Waals surface area contributed by atoms with E-state index in [1.54, 1.807) is 14.0 Å². The lowest BCUT2D eigenvalue weighted by Crippen LogP contribution is -2.53. The van der Waals surface area contributed by atoms with E-state index >= 15 is 0 Å². The number of carbonyl (C=O) groups excluding carboxylic acids is 1. The van der Waals surface area contributed by atoms with Crippen LogP contribution < -0.4 is 11.5 Å². The maximum absolute atomic E-state index is 13.0. The zero-order valence-corrected chi connectivity index (χ0v) is 22.9. The topological polar surface area (TPSA) is 90.7 Å². The summed E-state index contributed by atoms with van der Waals surface area (Å²) >= 11 is 0. The molecule has 0 aliphatic heterocycles. The van der Waals surface area contributed by atoms with E-state index < -0.39 is 5.54 Å². The first-order chi connectivity index (χ1) is 16.7. The summed E-state index contributed by atoms with van der Waals surface area (Å²) < 4.78 is 5.65. The van der Waals surface area contributed by atoms with Crippen LogP contribution in [-0.2, 0) is 20.5 Å². The molecule has 1 fully saturated rings. The molecule has 0 bridgehead atoms. The van der Waals surface area contributed by atoms with E-state index in [1.165, 1.54) is 5.56 Å². The standard InChI is InChI=1S/C26H33N3O2.2C2H6/c1-17(27)29-26(16-30)23-15-19(18-6-5-7-20(28)14-18)8-9-22(23)24(2,3)25(26)12-10-21(31-4)11-13-25;2*1-2/h5-9,14-16,21H,10-13,28H2,1-4H3,(H2,27,29);2*1-2H3. The number of nitrogen functional groups attached to an aromatic ring is 1. The first-order valence-corrected chi connectivity index (χ1v) is 13.0. The van der Waals surface area contributed by atoms with E-state index in [-0.39, 0.29) is 16.9 Å². The highest BCUT2D eigenvalue weighted by molar-refractivity contribution is 5.85. The number of ether oxygens (including phenoxy) is 1. The van der Waals surface area contributed by atoms with Gasteiger partial charge in [0.25, 0.3) is 0 Å². The zero-order valence-electron chi connectivity index (χ0n) is 22.9. The van der Waals surface area contributed by atoms with Gasteiger partial charge >= 0.3 is 0 Å². The Bertz CT molecular complexity index is 1030. The van der Waals surface area contributed by atoms with Crippen molar-refractivity contribution in [1.29, 1.82) is 0 Å². The van der Waals surface area contributed by atoms with Gasteiger partial charge in [0.2, 0.25) is 0 Å². The molecule has 2 aromatic rings. The number of methoxy groups -OCH3 is 1. The summed E-state index contributed by atoms with van der Waals surface area (Å²) in [5.74, 6) is 0.429. The quantitative estimate of drug-likeness (QED) is 0.223. The first kappa shape index (κ1) is 28.6. The molecule has 5 heteroatoms. The van der Waals surface area contributed by atoms with Crippen molar-refractivity contribution in [3.05, 3.63) is 53.6 Å². The van der Waals surface area contributed by atoms with E-state index in [0.717, 1.165) is 48.7 Å². The largest absolute Gasteiger partial charge is 0.399 e. The number of fused-ring (bicyclic) bond motifs is 1. The molecule has 2 aromatic carbocycles. The number of aliphatic imine (C=N–C) groups is 1. The van der Waals surface area contributed by atoms with Gasteiger partial charge in [-0.2, -0.15) is 0 Å². The molecule has 35 heavy (non-hydrogen) atoms. The van der Waals surface area contributed by atoms with Crippen LogP contribution in [0.1, 0.15) is 85.3 Å². The predicted molar refractivity (Wildman–Crippen MR) is 149 cm³/mol. The lowest BCUT2D eigenvalue weighted by Gasteiger charge is -2.52. The van der Waals surface area contributed by atoms with E-state index in [9.17, 15) is 4.79 Å². The summed E-state index contributed by atoms with van der Waals surface area (Å²) in [6, 6.07) is 14.3. The van der Waals surface area contributed by atoms with Crippen LogP contribution >= 0.6 is 0 Å². The summed E-state index contributed by atoms with van der Waals surface area (Å²) in [5, 5.41) is 0. The number of carbonyl (C=O) groups is 1. The Morgan fingerprint density at radius 3 is 2.11 bits per heavy atom. The lowest BCUT2D eigenvalue weighted by atomic mass is 9.53. The van der Waals surface area contributed by atoms with Crippen LogP contribution in [0.2, 0.25) is 0 Å². The third-order valence-electron chi connectivity index (χ3n) is 7.89. The minimum absolute atomic E-state index is 0.222. The van der Waals surface area contributed by atoms with Crippen LogP contribution in [0, 0.1) is 5.41 Å². The van der Waals surface area contributed by atoms with Gasteiger partial charge in [0, 0.05) is 18.2 Å². The third kappa shape index (κ3) is 4.63. The summed E-state index contributed by atoms with van der Waals surface area (Å²) in [4.78, 5) is 17.9. The molecular weight excluding hydrogens is 434 g/mol. The highest BCUT2D eigenvalue weighted by Gasteiger charge is 2.67. The Morgan fingerprint density at radius 2 is 1.60 bits per heavy atom. The maximum atomic E-state index is 13.0. The fourth-order valence-corrected chi connectivity index (χ4v) is 6.27. The van der Waals surface area contributed by atoms with Gasteiger partial charge in [0.05, 0.1) is 11.9 Å². The molecule has 2 aliphatic carbocycles. The van der Waals surface area contributed by atoms with E-state index in [1.807, 2.05) is 52.0 Å². The third-order valence-corrected chi connectivity index (χ3v) is 7.89. The van der Waals surface area contributed by atoms with E-state index in [2.05, 4.69) is 32.0 Å². The van der Waals surface area contributed by atoms with Gasteiger partial charge in [-0.15, -0.1) is 0 Å². The Balaban J connectivity index is 0.00000103. The molecule has 0 saturated heterocycles. The fourth-order valence-electron chi connectivity index (χ4n) is 6.27. The highest BCUT2D eigenvalue weighted by atomic mass is 16.5. The van der Waals surface area contributed by atoms with Crippen molar-refractivity contribution < 1.29 is 9.53 Å². The van der Waals surface area contributed by atoms with Crippen LogP contribution in [0.15, 0.2) is 47.5 Å². The van der Waals surface area contributed by atoms with Crippen molar-refractivity contribution in [2.75, 3.05) is 12.8 Å². The number of anilines is 1. The molecule has 5 nitrogen and oxygen atoms in total. The number of nitrogens with two attached hydrogens (primary N) is 2. The number of hydrogen-bond donors (Lipinski definition) is 2. The van der Waals surface area contributed by atoms with Gasteiger partial charge in [-0.05, 0) is 78.5 Å². The SMILES string of the molecule is CC.CC.COC1CCC2(CC1)C(C)(C)c1ccc(-c3cccc(N)c3)cc1C2(C=O)N=C(C)N. The molecule has 4 rings (SSSR count). The van der Waals surface area contributed by atoms with Crippen LogP contribution in [-0.4, -0.2) is 25.3 Å². The maximum Gasteiger partial charge on any atom is 0.152 e. The number of nitrogens with zero attached hydrogens (tertiary/aromatic N) is 1. The van der Waals surface area contributed by atoms with Gasteiger partial charge in [0.1, 0.15) is 5.54 Å². The lowest BCUT2D eigenvalue weighted by molar-refractivity contribution is -0.122. The minimum Gasteiger partial charge on any atom is -0.399 e. The van der Waals surface area contributed by atoms with Crippen molar-refractivity contribution >= 4 is 17.8 Å². The summed E-state index contributed by atoms with van der Waals surface area (Å²) in [7, 11) is 1.77. The molecule has 0 aromatic heterocycles. The predicted octanol–water partition coefficient (Wildman–Crippen LogP) is 6.63. The molecule has 1 spiro atoms. The minimum atomic E-state index is -1.01. The molecule has 0 amide bonds. The van der Waals surface area contributed by atoms with Crippen molar-refractivity contribution in [2.45, 2.75) is 91.2 Å². The Labute approximate surface area is 212 Å². The fraction of sp³-hybridized carbons (Fsp3) is 0.533. The van der Waals surface area contributed by atoms with Crippen molar-refractivity contribution in [3.63, 3.8) is 0 Å². The van der Waals surface area contributed by atoms with Gasteiger partial charge in [0.15, 0.2) is 6.29 Å². The average Bonchev–Trinajstić information content (AvgIpc) is 3.02. The molecule has 2 aliphatic rings. The van der Waals surface area contributed by atoms with E-state index in [4.69, 9.17) is 21.2 Å². The monoisotopic (exact) mass is 479 g/mol. The summed E-state index contributed by atoms with van der Waals surface area (Å²) in [6.07, 6.45) is 4.80. The van der Waals surface area contributed by atoms with Gasteiger partial charge in [-0.3, -0.25) is 4.99 Å². The normalized spacial score (nSPS) is 26.6. The second-order valence-corrected chi connectivity index (χ2v) is 9.67. The first-order valence-electron chi connectivity index (χ1n) is 13.0. The number of benzene rings is 2. The summed E-state index contributed by atoms with van der Waals surface area (Å²) in [5.41, 5.74) is 15.5. The van der Waals surface area contributed by atoms with Crippen molar-refractivity contribution in [1.82, 2.24) is 0 Å². The number of aldehydes is 1. The van der Waals surface area contributed by atoms with Gasteiger partial charge in [-0.25, -0.2) is 0 Å². The number of amidine groups is 1. The van der Waals surface area contributed by atoms with Crippen LogP contribution in [0.5, 0.6) is 0 Å². The van der Waals surface area contributed by atoms with Crippen LogP contribution in [0.4, 0.5) is 5.69 Å². The molecule has 0 radical (unpaired) electrons. The zero-order chi connectivity index (χ0) is 26.4. The molecule has 0 heterocycles. The Kier molecular flexibility index (Phi) is 9.29. The van der Waals surface area contributed by atoms with Crippen LogP contribution in [0.25, 0.3) is 11.1 Å². The van der Waals surface area contributed by atoms with Crippen molar-refractivity contribution in [2.24, 2.45) is 16.1 Å². The number of rotatable bonds is 4. The second kappa shape index (κ2) is 11.4. The van der Waals surface area contributed by atoms with Gasteiger partial charge in [-0.1, -0.05) is 65.8 Å². The molecule has 1 unspecified atom stereocenters. The Morgan fingerprint density at radius 1 is 1.00 bits per heavy atom. The highest BCUT2D eigenvalue weighted by Crippen LogP contribution is 2.67. The molecule has 1 atom stereocenters. The van der Waals surface area contributed by atoms with Crippen molar-refractivity contribution in [3.8, 4) is 11.1 Å².